The van der Waals surface area contributed by atoms with E-state index in [1.807, 2.05) is 13.8 Å². The molecule has 0 atom stereocenters. The molecular weight excluding hydrogens is 372 g/mol. The molecule has 0 radical (unpaired) electrons. The van der Waals surface area contributed by atoms with Crippen LogP contribution in [0.5, 0.6) is 0 Å². The van der Waals surface area contributed by atoms with E-state index in [1.165, 1.54) is 23.2 Å². The summed E-state index contributed by atoms with van der Waals surface area (Å²) in [7, 11) is 0. The number of hydrogen-bond acceptors (Lipinski definition) is 5. The van der Waals surface area contributed by atoms with Crippen molar-refractivity contribution in [1.29, 1.82) is 0 Å². The summed E-state index contributed by atoms with van der Waals surface area (Å²) in [6.07, 6.45) is -0.0921. The zero-order chi connectivity index (χ0) is 19.7. The number of anilines is 1. The van der Waals surface area contributed by atoms with Gasteiger partial charge in [-0.2, -0.15) is 10.1 Å². The van der Waals surface area contributed by atoms with Crippen molar-refractivity contribution >= 4 is 40.6 Å². The van der Waals surface area contributed by atoms with Crippen LogP contribution in [0.15, 0.2) is 41.5 Å². The molecule has 1 aliphatic heterocycles. The Hall–Kier alpha value is -3.26. The summed E-state index contributed by atoms with van der Waals surface area (Å²) in [4.78, 5) is 34.8. The number of halogens is 1. The van der Waals surface area contributed by atoms with Crippen molar-refractivity contribution in [2.45, 2.75) is 20.3 Å². The summed E-state index contributed by atoms with van der Waals surface area (Å²) in [5.41, 5.74) is 2.24. The third kappa shape index (κ3) is 3.80. The molecule has 0 bridgehead atoms. The lowest BCUT2D eigenvalue weighted by atomic mass is 10.1. The summed E-state index contributed by atoms with van der Waals surface area (Å²) >= 11 is 6.18. The number of amidine groups is 1. The molecule has 2 amide bonds. The maximum absolute atomic E-state index is 12.3. The van der Waals surface area contributed by atoms with Crippen LogP contribution in [0.1, 0.15) is 27.9 Å². The topological polar surface area (TPSA) is 105 Å². The van der Waals surface area contributed by atoms with Gasteiger partial charge in [-0.25, -0.2) is 0 Å². The number of hydrazone groups is 1. The van der Waals surface area contributed by atoms with Gasteiger partial charge in [0.05, 0.1) is 17.0 Å². The van der Waals surface area contributed by atoms with Crippen molar-refractivity contribution in [1.82, 2.24) is 5.32 Å². The fourth-order valence-electron chi connectivity index (χ4n) is 2.59. The number of carbonyl (C=O) groups excluding carboxylic acids is 2. The summed E-state index contributed by atoms with van der Waals surface area (Å²) in [5.74, 6) is -0.736. The molecule has 1 heterocycles. The van der Waals surface area contributed by atoms with Gasteiger partial charge in [0.25, 0.3) is 17.5 Å². The van der Waals surface area contributed by atoms with Crippen molar-refractivity contribution in [3.63, 3.8) is 0 Å². The lowest BCUT2D eigenvalue weighted by molar-refractivity contribution is -0.384. The SMILES string of the molecule is Cc1cc(N2N=C(NC(=O)c3cccc([N+](=O)[O-])c3)CC2=O)cc(Cl)c1C. The van der Waals surface area contributed by atoms with E-state index in [4.69, 9.17) is 11.6 Å². The second-order valence-corrected chi connectivity index (χ2v) is 6.47. The Labute approximate surface area is 159 Å². The maximum Gasteiger partial charge on any atom is 0.270 e. The Bertz CT molecular complexity index is 980. The number of nitro benzene ring substituents is 1. The van der Waals surface area contributed by atoms with E-state index in [2.05, 4.69) is 10.4 Å². The van der Waals surface area contributed by atoms with Crippen LogP contribution in [-0.4, -0.2) is 22.6 Å². The van der Waals surface area contributed by atoms with Crippen LogP contribution in [0.3, 0.4) is 0 Å². The van der Waals surface area contributed by atoms with Crippen molar-refractivity contribution in [3.05, 3.63) is 68.2 Å². The van der Waals surface area contributed by atoms with Crippen LogP contribution in [0, 0.1) is 24.0 Å². The monoisotopic (exact) mass is 386 g/mol. The number of nitrogens with zero attached hydrogens (tertiary/aromatic N) is 3. The van der Waals surface area contributed by atoms with Crippen molar-refractivity contribution in [2.24, 2.45) is 5.10 Å². The average molecular weight is 387 g/mol. The largest absolute Gasteiger partial charge is 0.308 e. The van der Waals surface area contributed by atoms with Gasteiger partial charge in [-0.15, -0.1) is 0 Å². The fourth-order valence-corrected chi connectivity index (χ4v) is 2.85. The second-order valence-electron chi connectivity index (χ2n) is 6.06. The van der Waals surface area contributed by atoms with Crippen LogP contribution in [0.4, 0.5) is 11.4 Å². The molecular formula is C18H15ClN4O4. The first-order valence-electron chi connectivity index (χ1n) is 7.99. The number of aryl methyl sites for hydroxylation is 1. The third-order valence-electron chi connectivity index (χ3n) is 4.19. The molecule has 0 saturated heterocycles. The molecule has 2 aromatic rings. The Balaban J connectivity index is 1.81. The van der Waals surface area contributed by atoms with E-state index in [9.17, 15) is 19.7 Å². The standard InChI is InChI=1S/C18H15ClN4O4/c1-10-6-14(8-15(19)11(10)2)22-17(24)9-16(21-22)20-18(25)12-4-3-5-13(7-12)23(26)27/h3-8H,9H2,1-2H3,(H,20,21,25). The third-order valence-corrected chi connectivity index (χ3v) is 4.58. The van der Waals surface area contributed by atoms with Gasteiger partial charge in [-0.05, 0) is 43.2 Å². The number of nitro groups is 1. The quantitative estimate of drug-likeness (QED) is 0.645. The number of hydrogen-bond donors (Lipinski definition) is 1. The lowest BCUT2D eigenvalue weighted by Crippen LogP contribution is -2.29. The maximum atomic E-state index is 12.3. The number of benzene rings is 2. The van der Waals surface area contributed by atoms with Crippen LogP contribution >= 0.6 is 11.6 Å². The van der Waals surface area contributed by atoms with Crippen molar-refractivity contribution in [2.75, 3.05) is 5.01 Å². The summed E-state index contributed by atoms with van der Waals surface area (Å²) in [5, 5.41) is 19.2. The molecule has 2 aromatic carbocycles. The van der Waals surface area contributed by atoms with E-state index in [1.54, 1.807) is 12.1 Å². The van der Waals surface area contributed by atoms with Gasteiger partial charge in [0.1, 0.15) is 5.84 Å². The molecule has 0 saturated carbocycles. The van der Waals surface area contributed by atoms with E-state index >= 15 is 0 Å². The van der Waals surface area contributed by atoms with Gasteiger partial charge in [-0.3, -0.25) is 19.7 Å². The van der Waals surface area contributed by atoms with Crippen molar-refractivity contribution in [3.8, 4) is 0 Å². The minimum Gasteiger partial charge on any atom is -0.308 e. The zero-order valence-electron chi connectivity index (χ0n) is 14.5. The normalized spacial score (nSPS) is 13.5. The van der Waals surface area contributed by atoms with E-state index < -0.39 is 10.8 Å². The van der Waals surface area contributed by atoms with Crippen LogP contribution < -0.4 is 10.3 Å². The predicted octanol–water partition coefficient (Wildman–Crippen LogP) is 3.35. The lowest BCUT2D eigenvalue weighted by Gasteiger charge is -2.14. The van der Waals surface area contributed by atoms with E-state index in [-0.39, 0.29) is 29.4 Å². The molecule has 3 rings (SSSR count). The minimum atomic E-state index is -0.585. The molecule has 0 unspecified atom stereocenters. The second kappa shape index (κ2) is 7.16. The van der Waals surface area contributed by atoms with Crippen molar-refractivity contribution < 1.29 is 14.5 Å². The number of non-ortho nitro benzene ring substituents is 1. The van der Waals surface area contributed by atoms with E-state index in [0.29, 0.717) is 10.7 Å². The highest BCUT2D eigenvalue weighted by Gasteiger charge is 2.27. The van der Waals surface area contributed by atoms with Gasteiger partial charge in [0.2, 0.25) is 0 Å². The molecule has 138 valence electrons. The molecule has 1 N–H and O–H groups in total. The van der Waals surface area contributed by atoms with Gasteiger partial charge in [-0.1, -0.05) is 17.7 Å². The Morgan fingerprint density at radius 1 is 1.30 bits per heavy atom. The van der Waals surface area contributed by atoms with Crippen LogP contribution in [0.25, 0.3) is 0 Å². The summed E-state index contributed by atoms with van der Waals surface area (Å²) < 4.78 is 0. The Morgan fingerprint density at radius 2 is 2.04 bits per heavy atom. The van der Waals surface area contributed by atoms with Crippen LogP contribution in [-0.2, 0) is 4.79 Å². The highest BCUT2D eigenvalue weighted by Crippen LogP contribution is 2.28. The molecule has 9 heteroatoms. The van der Waals surface area contributed by atoms with Gasteiger partial charge < -0.3 is 5.32 Å². The van der Waals surface area contributed by atoms with Gasteiger partial charge >= 0.3 is 0 Å². The molecule has 0 aromatic heterocycles. The van der Waals surface area contributed by atoms with Gasteiger partial charge in [0.15, 0.2) is 0 Å². The zero-order valence-corrected chi connectivity index (χ0v) is 15.3. The molecule has 27 heavy (non-hydrogen) atoms. The minimum absolute atomic E-state index is 0.0921. The molecule has 1 aliphatic rings. The van der Waals surface area contributed by atoms with Gasteiger partial charge in [0, 0.05) is 22.7 Å². The first-order chi connectivity index (χ1) is 12.8. The fraction of sp³-hybridized carbons (Fsp3) is 0.167. The first kappa shape index (κ1) is 18.5. The smallest absolute Gasteiger partial charge is 0.270 e. The highest BCUT2D eigenvalue weighted by atomic mass is 35.5. The Kier molecular flexibility index (Phi) is 4.91. The predicted molar refractivity (Wildman–Crippen MR) is 101 cm³/mol. The molecule has 0 spiro atoms. The average Bonchev–Trinajstić information content (AvgIpc) is 2.99. The summed E-state index contributed by atoms with van der Waals surface area (Å²) in [6, 6.07) is 8.73. The van der Waals surface area contributed by atoms with Crippen LogP contribution in [0.2, 0.25) is 5.02 Å². The molecule has 0 fully saturated rings. The Morgan fingerprint density at radius 3 is 2.70 bits per heavy atom. The van der Waals surface area contributed by atoms with E-state index in [0.717, 1.165) is 17.2 Å². The number of nitrogens with one attached hydrogen (secondary N) is 1. The molecule has 0 aliphatic carbocycles. The highest BCUT2D eigenvalue weighted by molar-refractivity contribution is 6.32. The number of carbonyl (C=O) groups is 2. The number of amides is 2. The molecule has 8 nitrogen and oxygen atoms in total. The first-order valence-corrected chi connectivity index (χ1v) is 8.37. The summed E-state index contributed by atoms with van der Waals surface area (Å²) in [6.45, 7) is 3.75. The number of rotatable bonds is 3.